The Balaban J connectivity index is 2.14. The molecule has 0 aromatic heterocycles. The molecule has 0 aromatic rings. The van der Waals surface area contributed by atoms with E-state index < -0.39 is 0 Å². The number of carbonyl (C=O) groups excluding carboxylic acids is 2. The first-order chi connectivity index (χ1) is 9.65. The molecule has 0 fully saturated rings. The quantitative estimate of drug-likeness (QED) is 0.584. The summed E-state index contributed by atoms with van der Waals surface area (Å²) in [5, 5.41) is 2.92. The lowest BCUT2D eigenvalue weighted by atomic mass is 9.93. The van der Waals surface area contributed by atoms with Crippen molar-refractivity contribution in [3.63, 3.8) is 0 Å². The lowest BCUT2D eigenvalue weighted by Gasteiger charge is -2.33. The Bertz CT molecular complexity index is 529. The van der Waals surface area contributed by atoms with E-state index in [1.165, 1.54) is 0 Å². The molecule has 0 radical (unpaired) electrons. The van der Waals surface area contributed by atoms with Crippen molar-refractivity contribution < 1.29 is 9.59 Å². The predicted molar refractivity (Wildman–Crippen MR) is 77.5 cm³/mol. The molecule has 0 aliphatic carbocycles. The zero-order chi connectivity index (χ0) is 14.5. The highest BCUT2D eigenvalue weighted by atomic mass is 16.2. The van der Waals surface area contributed by atoms with E-state index in [0.717, 1.165) is 11.3 Å². The Morgan fingerprint density at radius 1 is 1.45 bits per heavy atom. The van der Waals surface area contributed by atoms with Crippen molar-refractivity contribution in [2.75, 3.05) is 19.6 Å². The van der Waals surface area contributed by atoms with Crippen molar-refractivity contribution in [1.82, 2.24) is 10.2 Å². The maximum Gasteiger partial charge on any atom is 0.251 e. The number of carbonyl (C=O) groups is 2. The molecule has 0 saturated carbocycles. The Morgan fingerprint density at radius 3 is 2.95 bits per heavy atom. The van der Waals surface area contributed by atoms with Gasteiger partial charge in [0.1, 0.15) is 0 Å². The van der Waals surface area contributed by atoms with Crippen LogP contribution < -0.4 is 11.1 Å². The Kier molecular flexibility index (Phi) is 4.53. The lowest BCUT2D eigenvalue weighted by molar-refractivity contribution is -0.129. The number of rotatable bonds is 3. The zero-order valence-corrected chi connectivity index (χ0v) is 11.4. The van der Waals surface area contributed by atoms with Crippen LogP contribution in [0.15, 0.2) is 47.7 Å². The Morgan fingerprint density at radius 2 is 2.25 bits per heavy atom. The maximum atomic E-state index is 11.9. The first-order valence-corrected chi connectivity index (χ1v) is 6.64. The summed E-state index contributed by atoms with van der Waals surface area (Å²) in [6.07, 6.45) is 8.27. The Labute approximate surface area is 118 Å². The molecule has 0 bridgehead atoms. The van der Waals surface area contributed by atoms with Crippen LogP contribution in [-0.2, 0) is 9.59 Å². The zero-order valence-electron chi connectivity index (χ0n) is 11.4. The van der Waals surface area contributed by atoms with Gasteiger partial charge in [-0.3, -0.25) is 9.59 Å². The van der Waals surface area contributed by atoms with Gasteiger partial charge in [0.05, 0.1) is 6.54 Å². The maximum absolute atomic E-state index is 11.9. The summed E-state index contributed by atoms with van der Waals surface area (Å²) in [5.74, 6) is -0.110. The van der Waals surface area contributed by atoms with E-state index in [9.17, 15) is 9.59 Å². The standard InChI is InChI=1S/C15H19N3O2/c1-2-3-4-5-11-8-12-10-18(14(19)9-16)7-6-13(12)17-15(11)20/h2-5H,1,6-10,16H2,(H,17,20)/b4-3-,11-5+. The molecule has 2 amide bonds. The molecule has 106 valence electrons. The summed E-state index contributed by atoms with van der Waals surface area (Å²) in [6, 6.07) is 0. The molecule has 3 N–H and O–H groups in total. The average molecular weight is 273 g/mol. The third-order valence-electron chi connectivity index (χ3n) is 3.47. The minimum Gasteiger partial charge on any atom is -0.337 e. The molecular formula is C15H19N3O2. The predicted octanol–water partition coefficient (Wildman–Crippen LogP) is 0.620. The van der Waals surface area contributed by atoms with Crippen LogP contribution in [-0.4, -0.2) is 36.3 Å². The van der Waals surface area contributed by atoms with Crippen LogP contribution in [0.5, 0.6) is 0 Å². The van der Waals surface area contributed by atoms with Gasteiger partial charge in [-0.15, -0.1) is 0 Å². The molecule has 2 aliphatic heterocycles. The van der Waals surface area contributed by atoms with Gasteiger partial charge in [0.2, 0.25) is 5.91 Å². The van der Waals surface area contributed by atoms with E-state index in [0.29, 0.717) is 31.5 Å². The molecule has 0 aromatic carbocycles. The smallest absolute Gasteiger partial charge is 0.251 e. The van der Waals surface area contributed by atoms with Gasteiger partial charge >= 0.3 is 0 Å². The summed E-state index contributed by atoms with van der Waals surface area (Å²) in [7, 11) is 0. The fourth-order valence-electron chi connectivity index (χ4n) is 2.40. The molecule has 20 heavy (non-hydrogen) atoms. The van der Waals surface area contributed by atoms with Crippen molar-refractivity contribution in [3.05, 3.63) is 47.7 Å². The molecular weight excluding hydrogens is 254 g/mol. The molecule has 5 nitrogen and oxygen atoms in total. The van der Waals surface area contributed by atoms with Gasteiger partial charge in [-0.25, -0.2) is 0 Å². The van der Waals surface area contributed by atoms with Gasteiger partial charge in [0, 0.05) is 37.2 Å². The van der Waals surface area contributed by atoms with Crippen molar-refractivity contribution in [2.24, 2.45) is 5.73 Å². The molecule has 2 aliphatic rings. The van der Waals surface area contributed by atoms with Crippen LogP contribution >= 0.6 is 0 Å². The van der Waals surface area contributed by atoms with Crippen molar-refractivity contribution >= 4 is 11.8 Å². The average Bonchev–Trinajstić information content (AvgIpc) is 2.46. The largest absolute Gasteiger partial charge is 0.337 e. The van der Waals surface area contributed by atoms with Crippen LogP contribution in [0, 0.1) is 0 Å². The van der Waals surface area contributed by atoms with Crippen molar-refractivity contribution in [2.45, 2.75) is 12.8 Å². The van der Waals surface area contributed by atoms with Gasteiger partial charge in [-0.05, 0) is 5.57 Å². The molecule has 0 atom stereocenters. The summed E-state index contributed by atoms with van der Waals surface area (Å²) >= 11 is 0. The van der Waals surface area contributed by atoms with Gasteiger partial charge < -0.3 is 16.0 Å². The van der Waals surface area contributed by atoms with Gasteiger partial charge in [0.25, 0.3) is 5.91 Å². The molecule has 0 spiro atoms. The van der Waals surface area contributed by atoms with Gasteiger partial charge in [-0.1, -0.05) is 30.9 Å². The van der Waals surface area contributed by atoms with E-state index in [-0.39, 0.29) is 18.4 Å². The molecule has 2 rings (SSSR count). The topological polar surface area (TPSA) is 75.4 Å². The van der Waals surface area contributed by atoms with Crippen LogP contribution in [0.4, 0.5) is 0 Å². The second kappa shape index (κ2) is 6.34. The molecule has 5 heteroatoms. The number of allylic oxidation sites excluding steroid dienone is 4. The second-order valence-corrected chi connectivity index (χ2v) is 4.79. The number of hydrogen-bond acceptors (Lipinski definition) is 3. The van der Waals surface area contributed by atoms with E-state index >= 15 is 0 Å². The highest BCUT2D eigenvalue weighted by Crippen LogP contribution is 2.26. The van der Waals surface area contributed by atoms with Crippen molar-refractivity contribution in [3.8, 4) is 0 Å². The normalized spacial score (nSPS) is 21.1. The number of nitrogens with zero attached hydrogens (tertiary/aromatic N) is 1. The number of hydrogen-bond donors (Lipinski definition) is 2. The monoisotopic (exact) mass is 273 g/mol. The van der Waals surface area contributed by atoms with Crippen LogP contribution in [0.25, 0.3) is 0 Å². The minimum absolute atomic E-state index is 0.0275. The van der Waals surface area contributed by atoms with Crippen molar-refractivity contribution in [1.29, 1.82) is 0 Å². The SMILES string of the molecule is C=C/C=C\C=C1/CC2=C(CCN(C(=O)CN)C2)NC1=O. The van der Waals surface area contributed by atoms with Crippen LogP contribution in [0.2, 0.25) is 0 Å². The summed E-state index contributed by atoms with van der Waals surface area (Å²) in [6.45, 7) is 4.78. The summed E-state index contributed by atoms with van der Waals surface area (Å²) < 4.78 is 0. The van der Waals surface area contributed by atoms with E-state index in [2.05, 4.69) is 11.9 Å². The molecule has 0 saturated heterocycles. The van der Waals surface area contributed by atoms with E-state index in [1.807, 2.05) is 0 Å². The minimum atomic E-state index is -0.0592. The van der Waals surface area contributed by atoms with Crippen LogP contribution in [0.1, 0.15) is 12.8 Å². The summed E-state index contributed by atoms with van der Waals surface area (Å²) in [5.41, 5.74) is 8.15. The fourth-order valence-corrected chi connectivity index (χ4v) is 2.40. The van der Waals surface area contributed by atoms with Gasteiger partial charge in [-0.2, -0.15) is 0 Å². The number of amides is 2. The second-order valence-electron chi connectivity index (χ2n) is 4.79. The van der Waals surface area contributed by atoms with Crippen LogP contribution in [0.3, 0.4) is 0 Å². The van der Waals surface area contributed by atoms with E-state index in [1.54, 1.807) is 29.2 Å². The Hall–Kier alpha value is -2.14. The third-order valence-corrected chi connectivity index (χ3v) is 3.47. The molecule has 0 unspecified atom stereocenters. The highest BCUT2D eigenvalue weighted by molar-refractivity contribution is 5.97. The van der Waals surface area contributed by atoms with Gasteiger partial charge in [0.15, 0.2) is 0 Å². The fraction of sp³-hybridized carbons (Fsp3) is 0.333. The van der Waals surface area contributed by atoms with E-state index in [4.69, 9.17) is 5.73 Å². The first-order valence-electron chi connectivity index (χ1n) is 6.64. The number of nitrogens with two attached hydrogens (primary N) is 1. The highest BCUT2D eigenvalue weighted by Gasteiger charge is 2.28. The molecule has 2 heterocycles. The lowest BCUT2D eigenvalue weighted by Crippen LogP contribution is -2.44. The number of nitrogens with one attached hydrogen (secondary N) is 1. The summed E-state index contributed by atoms with van der Waals surface area (Å²) in [4.78, 5) is 25.3. The first kappa shape index (κ1) is 14.3. The third kappa shape index (κ3) is 3.05.